The average Bonchev–Trinajstić information content (AvgIpc) is 3.25. The molecule has 342 valence electrons. The van der Waals surface area contributed by atoms with Crippen molar-refractivity contribution in [3.8, 4) is 23.0 Å². The standard InChI is InChI=1S/C45H43N7O14/c1-22(2)65-38-32(19-17-30(36(38)54)42(58)48-28-15-9-26(10-16-28)45(61)62)50-40(56)24-7-13-29(14-8-24)49-44(60)33(21-35(46)53)51-41(57)25-5-11-27(12-6-25)47-43(59)31-18-20-34(52(63)64)39(37(31)55)66-23(3)4/h5-20,22-23,33,54-55H,21H2,1-4H3,(H2,46,53)(H,47,59)(H,48,58)(H,49,60)(H,50,56)(H,51,57)(H,61,62). The molecule has 0 aliphatic rings. The molecular weight excluding hydrogens is 863 g/mol. The van der Waals surface area contributed by atoms with E-state index in [1.807, 2.05) is 0 Å². The molecule has 10 N–H and O–H groups in total. The summed E-state index contributed by atoms with van der Waals surface area (Å²) in [7, 11) is 0. The van der Waals surface area contributed by atoms with E-state index in [0.717, 1.165) is 12.1 Å². The molecule has 21 heteroatoms. The van der Waals surface area contributed by atoms with E-state index in [0.29, 0.717) is 0 Å². The van der Waals surface area contributed by atoms with Crippen LogP contribution in [0.1, 0.15) is 85.9 Å². The summed E-state index contributed by atoms with van der Waals surface area (Å²) in [5.41, 5.74) is 5.02. The number of hydrogen-bond donors (Lipinski definition) is 9. The second kappa shape index (κ2) is 20.9. The number of phenols is 2. The van der Waals surface area contributed by atoms with Gasteiger partial charge < -0.3 is 57.1 Å². The Labute approximate surface area is 375 Å². The van der Waals surface area contributed by atoms with Crippen molar-refractivity contribution in [3.05, 3.63) is 135 Å². The monoisotopic (exact) mass is 905 g/mol. The number of nitro groups is 1. The minimum Gasteiger partial charge on any atom is -0.504 e. The molecule has 1 atom stereocenters. The number of rotatable bonds is 18. The minimum atomic E-state index is -1.46. The van der Waals surface area contributed by atoms with Crippen molar-refractivity contribution in [3.63, 3.8) is 0 Å². The summed E-state index contributed by atoms with van der Waals surface area (Å²) in [6.45, 7) is 6.49. The molecule has 0 aromatic heterocycles. The molecule has 0 aliphatic carbocycles. The van der Waals surface area contributed by atoms with Crippen LogP contribution in [0.4, 0.5) is 28.4 Å². The number of ether oxygens (including phenoxy) is 2. The van der Waals surface area contributed by atoms with Gasteiger partial charge in [-0.05, 0) is 119 Å². The Balaban J connectivity index is 1.22. The van der Waals surface area contributed by atoms with Gasteiger partial charge in [0, 0.05) is 34.3 Å². The summed E-state index contributed by atoms with van der Waals surface area (Å²) in [6, 6.07) is 19.3. The number of nitro benzene ring substituents is 1. The van der Waals surface area contributed by atoms with Crippen molar-refractivity contribution < 1.29 is 63.3 Å². The first-order valence-electron chi connectivity index (χ1n) is 19.8. The summed E-state index contributed by atoms with van der Waals surface area (Å²) >= 11 is 0. The van der Waals surface area contributed by atoms with E-state index in [2.05, 4.69) is 26.6 Å². The third kappa shape index (κ3) is 12.1. The Morgan fingerprint density at radius 1 is 0.591 bits per heavy atom. The Hall–Kier alpha value is -9.01. The lowest BCUT2D eigenvalue weighted by atomic mass is 10.1. The van der Waals surface area contributed by atoms with Crippen LogP contribution in [0.15, 0.2) is 97.1 Å². The molecule has 0 fully saturated rings. The van der Waals surface area contributed by atoms with Gasteiger partial charge in [-0.15, -0.1) is 0 Å². The lowest BCUT2D eigenvalue weighted by Gasteiger charge is -2.19. The van der Waals surface area contributed by atoms with Crippen molar-refractivity contribution in [2.24, 2.45) is 5.73 Å². The van der Waals surface area contributed by atoms with E-state index >= 15 is 0 Å². The number of hydrogen-bond acceptors (Lipinski definition) is 13. The highest BCUT2D eigenvalue weighted by Gasteiger charge is 2.28. The number of aromatic hydroxyl groups is 2. The Morgan fingerprint density at radius 3 is 1.50 bits per heavy atom. The number of carboxylic acid groups (broad SMARTS) is 1. The second-order valence-electron chi connectivity index (χ2n) is 14.8. The molecule has 5 aromatic rings. The van der Waals surface area contributed by atoms with Crippen molar-refractivity contribution in [1.29, 1.82) is 0 Å². The zero-order chi connectivity index (χ0) is 48.4. The maximum Gasteiger partial charge on any atom is 0.335 e. The highest BCUT2D eigenvalue weighted by molar-refractivity contribution is 6.10. The van der Waals surface area contributed by atoms with Crippen molar-refractivity contribution >= 4 is 69.8 Å². The number of carboxylic acids is 1. The number of aromatic carboxylic acids is 1. The Morgan fingerprint density at radius 2 is 1.03 bits per heavy atom. The average molecular weight is 906 g/mol. The number of anilines is 4. The van der Waals surface area contributed by atoms with Crippen LogP contribution in [0.25, 0.3) is 0 Å². The molecular formula is C45H43N7O14. The van der Waals surface area contributed by atoms with E-state index in [9.17, 15) is 53.9 Å². The summed E-state index contributed by atoms with van der Waals surface area (Å²) in [5, 5.41) is 55.0. The topological polar surface area (TPSA) is 328 Å². The number of phenolic OH excluding ortho intramolecular Hbond substituents is 2. The molecule has 0 aliphatic heterocycles. The van der Waals surface area contributed by atoms with Crippen LogP contribution in [0.5, 0.6) is 23.0 Å². The fourth-order valence-electron chi connectivity index (χ4n) is 6.03. The zero-order valence-electron chi connectivity index (χ0n) is 35.5. The van der Waals surface area contributed by atoms with Crippen LogP contribution >= 0.6 is 0 Å². The fraction of sp³-hybridized carbons (Fsp3) is 0.178. The number of benzene rings is 5. The summed E-state index contributed by atoms with van der Waals surface area (Å²) < 4.78 is 11.1. The molecule has 5 rings (SSSR count). The van der Waals surface area contributed by atoms with Gasteiger partial charge in [0.2, 0.25) is 17.6 Å². The minimum absolute atomic E-state index is 0.00823. The first-order valence-corrected chi connectivity index (χ1v) is 19.8. The molecule has 0 saturated heterocycles. The van der Waals surface area contributed by atoms with Gasteiger partial charge >= 0.3 is 11.7 Å². The van der Waals surface area contributed by atoms with Gasteiger partial charge in [-0.1, -0.05) is 0 Å². The zero-order valence-corrected chi connectivity index (χ0v) is 35.5. The summed E-state index contributed by atoms with van der Waals surface area (Å²) in [5.74, 6) is -7.93. The van der Waals surface area contributed by atoms with Gasteiger partial charge in [-0.25, -0.2) is 4.79 Å². The highest BCUT2D eigenvalue weighted by atomic mass is 16.6. The molecule has 6 amide bonds. The van der Waals surface area contributed by atoms with E-state index in [1.165, 1.54) is 84.9 Å². The molecule has 1 unspecified atom stereocenters. The smallest absolute Gasteiger partial charge is 0.335 e. The van der Waals surface area contributed by atoms with Gasteiger partial charge in [-0.3, -0.25) is 38.9 Å². The number of carbonyl (C=O) groups is 7. The predicted molar refractivity (Wildman–Crippen MR) is 238 cm³/mol. The maximum atomic E-state index is 13.3. The number of amides is 6. The molecule has 5 aromatic carbocycles. The number of primary amides is 1. The van der Waals surface area contributed by atoms with Crippen LogP contribution in [0, 0.1) is 10.1 Å². The van der Waals surface area contributed by atoms with Gasteiger partial charge in [-0.2, -0.15) is 0 Å². The Kier molecular flexibility index (Phi) is 15.2. The third-order valence-corrected chi connectivity index (χ3v) is 9.12. The largest absolute Gasteiger partial charge is 0.504 e. The molecule has 66 heavy (non-hydrogen) atoms. The van der Waals surface area contributed by atoms with Gasteiger partial charge in [0.15, 0.2) is 17.2 Å². The Bertz CT molecular complexity index is 2700. The first kappa shape index (κ1) is 48.0. The number of nitrogens with zero attached hydrogens (tertiary/aromatic N) is 1. The molecule has 0 radical (unpaired) electrons. The van der Waals surface area contributed by atoms with E-state index in [4.69, 9.17) is 20.3 Å². The fourth-order valence-corrected chi connectivity index (χ4v) is 6.03. The van der Waals surface area contributed by atoms with E-state index in [-0.39, 0.29) is 56.3 Å². The molecule has 0 saturated carbocycles. The summed E-state index contributed by atoms with van der Waals surface area (Å²) in [6.07, 6.45) is -1.66. The van der Waals surface area contributed by atoms with Gasteiger partial charge in [0.25, 0.3) is 23.6 Å². The third-order valence-electron chi connectivity index (χ3n) is 9.12. The normalized spacial score (nSPS) is 11.2. The van der Waals surface area contributed by atoms with Crippen molar-refractivity contribution in [1.82, 2.24) is 5.32 Å². The lowest BCUT2D eigenvalue weighted by Crippen LogP contribution is -2.46. The van der Waals surface area contributed by atoms with E-state index in [1.54, 1.807) is 27.7 Å². The predicted octanol–water partition coefficient (Wildman–Crippen LogP) is 5.65. The SMILES string of the molecule is CC(C)Oc1c(NC(=O)c2ccc(NC(=O)C(CC(N)=O)NC(=O)c3ccc(NC(=O)c4ccc([N+](=O)[O-])c(OC(C)C)c4O)cc3)cc2)ccc(C(=O)Nc2ccc(C(=O)O)cc2)c1O. The van der Waals surface area contributed by atoms with E-state index < -0.39 is 93.9 Å². The summed E-state index contributed by atoms with van der Waals surface area (Å²) in [4.78, 5) is 99.7. The van der Waals surface area contributed by atoms with Crippen LogP contribution in [0.2, 0.25) is 0 Å². The van der Waals surface area contributed by atoms with Crippen LogP contribution in [-0.2, 0) is 9.59 Å². The molecule has 0 bridgehead atoms. The molecule has 0 spiro atoms. The second-order valence-corrected chi connectivity index (χ2v) is 14.8. The van der Waals surface area contributed by atoms with Crippen molar-refractivity contribution in [2.45, 2.75) is 52.4 Å². The molecule has 21 nitrogen and oxygen atoms in total. The van der Waals surface area contributed by atoms with Crippen LogP contribution in [0.3, 0.4) is 0 Å². The quantitative estimate of drug-likeness (QED) is 0.0379. The van der Waals surface area contributed by atoms with Crippen LogP contribution < -0.4 is 41.8 Å². The molecule has 0 heterocycles. The number of carbonyl (C=O) groups excluding carboxylic acids is 6. The van der Waals surface area contributed by atoms with Gasteiger partial charge in [0.1, 0.15) is 6.04 Å². The van der Waals surface area contributed by atoms with Crippen LogP contribution in [-0.4, -0.2) is 79.9 Å². The lowest BCUT2D eigenvalue weighted by molar-refractivity contribution is -0.386. The number of nitrogens with two attached hydrogens (primary N) is 1. The first-order chi connectivity index (χ1) is 31.2. The number of nitrogens with one attached hydrogen (secondary N) is 5. The van der Waals surface area contributed by atoms with Crippen molar-refractivity contribution in [2.75, 3.05) is 21.3 Å². The highest BCUT2D eigenvalue weighted by Crippen LogP contribution is 2.41. The van der Waals surface area contributed by atoms with Gasteiger partial charge in [0.05, 0.1) is 45.9 Å². The maximum absolute atomic E-state index is 13.3.